The number of carbonyl (C=O) groups is 1. The molecular formula is C26H31N3O6S2. The minimum Gasteiger partial charge on any atom is -0.495 e. The van der Waals surface area contributed by atoms with Gasteiger partial charge in [0.1, 0.15) is 11.8 Å². The Hall–Kier alpha value is -3.57. The minimum atomic E-state index is -3.93. The molecule has 0 bridgehead atoms. The lowest BCUT2D eigenvalue weighted by atomic mass is 10.1. The van der Waals surface area contributed by atoms with Crippen LogP contribution in [0.15, 0.2) is 65.6 Å². The van der Waals surface area contributed by atoms with E-state index in [0.29, 0.717) is 22.8 Å². The third kappa shape index (κ3) is 6.60. The van der Waals surface area contributed by atoms with Gasteiger partial charge < -0.3 is 10.1 Å². The number of nitrogens with one attached hydrogen (secondary N) is 2. The van der Waals surface area contributed by atoms with E-state index in [1.165, 1.54) is 38.3 Å². The van der Waals surface area contributed by atoms with Crippen LogP contribution in [0.5, 0.6) is 5.75 Å². The number of anilines is 3. The third-order valence-corrected chi connectivity index (χ3v) is 8.49. The zero-order valence-corrected chi connectivity index (χ0v) is 23.2. The lowest BCUT2D eigenvalue weighted by molar-refractivity contribution is -0.116. The third-order valence-electron chi connectivity index (χ3n) is 5.86. The summed E-state index contributed by atoms with van der Waals surface area (Å²) in [7, 11) is -6.25. The number of hydrogen-bond donors (Lipinski definition) is 2. The standard InChI is InChI=1S/C26H31N3O6S2/c1-17-7-14-25(35-5)24(15-17)28-37(33,34)23-12-9-21(10-13-23)27-26(30)20(4)29(36(6,31)32)22-11-8-18(2)19(3)16-22/h7-16,20,28H,1-6H3,(H,27,30)/t20-/m1/s1. The highest BCUT2D eigenvalue weighted by atomic mass is 32.2. The predicted molar refractivity (Wildman–Crippen MR) is 146 cm³/mol. The van der Waals surface area contributed by atoms with Crippen molar-refractivity contribution >= 4 is 43.0 Å². The van der Waals surface area contributed by atoms with Crippen LogP contribution in [0, 0.1) is 20.8 Å². The second-order valence-electron chi connectivity index (χ2n) is 8.83. The summed E-state index contributed by atoms with van der Waals surface area (Å²) in [5.41, 5.74) is 3.76. The van der Waals surface area contributed by atoms with Crippen molar-refractivity contribution in [3.63, 3.8) is 0 Å². The molecule has 0 heterocycles. The van der Waals surface area contributed by atoms with Crippen LogP contribution in [0.25, 0.3) is 0 Å². The molecule has 3 aromatic rings. The van der Waals surface area contributed by atoms with Gasteiger partial charge in [0.25, 0.3) is 10.0 Å². The summed E-state index contributed by atoms with van der Waals surface area (Å²) in [6.07, 6.45) is 1.04. The van der Waals surface area contributed by atoms with E-state index in [9.17, 15) is 21.6 Å². The molecular weight excluding hydrogens is 514 g/mol. The number of aryl methyl sites for hydroxylation is 3. The van der Waals surface area contributed by atoms with Gasteiger partial charge in [-0.15, -0.1) is 0 Å². The monoisotopic (exact) mass is 545 g/mol. The fraction of sp³-hybridized carbons (Fsp3) is 0.269. The van der Waals surface area contributed by atoms with Crippen molar-refractivity contribution in [3.8, 4) is 5.75 Å². The van der Waals surface area contributed by atoms with Gasteiger partial charge in [-0.25, -0.2) is 16.8 Å². The molecule has 0 aliphatic heterocycles. The first-order valence-electron chi connectivity index (χ1n) is 11.4. The topological polar surface area (TPSA) is 122 Å². The van der Waals surface area contributed by atoms with Crippen molar-refractivity contribution < 1.29 is 26.4 Å². The number of methoxy groups -OCH3 is 1. The largest absolute Gasteiger partial charge is 0.495 e. The number of ether oxygens (including phenoxy) is 1. The average molecular weight is 546 g/mol. The van der Waals surface area contributed by atoms with Gasteiger partial charge >= 0.3 is 0 Å². The highest BCUT2D eigenvalue weighted by Gasteiger charge is 2.29. The van der Waals surface area contributed by atoms with Crippen LogP contribution in [0.2, 0.25) is 0 Å². The van der Waals surface area contributed by atoms with Gasteiger partial charge in [0.2, 0.25) is 15.9 Å². The molecule has 0 spiro atoms. The first-order chi connectivity index (χ1) is 17.2. The van der Waals surface area contributed by atoms with E-state index in [1.807, 2.05) is 20.8 Å². The van der Waals surface area contributed by atoms with Crippen molar-refractivity contribution in [2.75, 3.05) is 27.7 Å². The van der Waals surface area contributed by atoms with Crippen molar-refractivity contribution in [2.45, 2.75) is 38.6 Å². The molecule has 0 saturated carbocycles. The number of benzene rings is 3. The van der Waals surface area contributed by atoms with Crippen LogP contribution in [-0.4, -0.2) is 42.2 Å². The molecule has 0 saturated heterocycles. The molecule has 1 atom stereocenters. The van der Waals surface area contributed by atoms with E-state index in [-0.39, 0.29) is 4.90 Å². The van der Waals surface area contributed by atoms with E-state index in [0.717, 1.165) is 27.3 Å². The Labute approximate surface area is 218 Å². The molecule has 3 aromatic carbocycles. The van der Waals surface area contributed by atoms with Gasteiger partial charge in [0.15, 0.2) is 0 Å². The molecule has 11 heteroatoms. The molecule has 3 rings (SSSR count). The molecule has 0 aromatic heterocycles. The molecule has 1 amide bonds. The second-order valence-corrected chi connectivity index (χ2v) is 12.4. The Kier molecular flexibility index (Phi) is 8.19. The van der Waals surface area contributed by atoms with Crippen LogP contribution in [-0.2, 0) is 24.8 Å². The normalized spacial score (nSPS) is 12.5. The number of amides is 1. The number of carbonyl (C=O) groups excluding carboxylic acids is 1. The summed E-state index contributed by atoms with van der Waals surface area (Å²) >= 11 is 0. The number of hydrogen-bond acceptors (Lipinski definition) is 6. The average Bonchev–Trinajstić information content (AvgIpc) is 2.81. The highest BCUT2D eigenvalue weighted by Crippen LogP contribution is 2.28. The van der Waals surface area contributed by atoms with Crippen LogP contribution >= 0.6 is 0 Å². The predicted octanol–water partition coefficient (Wildman–Crippen LogP) is 4.21. The maximum atomic E-state index is 13.0. The van der Waals surface area contributed by atoms with E-state index in [1.54, 1.807) is 36.4 Å². The van der Waals surface area contributed by atoms with Crippen LogP contribution in [0.3, 0.4) is 0 Å². The van der Waals surface area contributed by atoms with Gasteiger partial charge in [-0.05, 0) is 92.9 Å². The molecule has 2 N–H and O–H groups in total. The summed E-state index contributed by atoms with van der Waals surface area (Å²) in [5, 5.41) is 2.66. The fourth-order valence-electron chi connectivity index (χ4n) is 3.74. The Morgan fingerprint density at radius 3 is 2.11 bits per heavy atom. The maximum Gasteiger partial charge on any atom is 0.262 e. The molecule has 0 fully saturated rings. The summed E-state index contributed by atoms with van der Waals surface area (Å²) in [6, 6.07) is 14.8. The number of rotatable bonds is 9. The first kappa shape index (κ1) is 28.0. The molecule has 9 nitrogen and oxygen atoms in total. The lowest BCUT2D eigenvalue weighted by Gasteiger charge is -2.28. The lowest BCUT2D eigenvalue weighted by Crippen LogP contribution is -2.45. The van der Waals surface area contributed by atoms with E-state index in [2.05, 4.69) is 10.0 Å². The summed E-state index contributed by atoms with van der Waals surface area (Å²) < 4.78 is 59.7. The smallest absolute Gasteiger partial charge is 0.262 e. The number of sulfonamides is 2. The van der Waals surface area contributed by atoms with Crippen LogP contribution in [0.4, 0.5) is 17.1 Å². The Bertz CT molecular complexity index is 1520. The van der Waals surface area contributed by atoms with E-state index >= 15 is 0 Å². The molecule has 198 valence electrons. The van der Waals surface area contributed by atoms with Crippen molar-refractivity contribution in [1.29, 1.82) is 0 Å². The maximum absolute atomic E-state index is 13.0. The molecule has 0 radical (unpaired) electrons. The molecule has 0 unspecified atom stereocenters. The van der Waals surface area contributed by atoms with Gasteiger partial charge in [0.05, 0.1) is 29.6 Å². The zero-order chi connectivity index (χ0) is 27.5. The SMILES string of the molecule is COc1ccc(C)cc1NS(=O)(=O)c1ccc(NC(=O)[C@@H](C)N(c2ccc(C)c(C)c2)S(C)(=O)=O)cc1. The highest BCUT2D eigenvalue weighted by molar-refractivity contribution is 7.92. The van der Waals surface area contributed by atoms with Crippen molar-refractivity contribution in [1.82, 2.24) is 0 Å². The van der Waals surface area contributed by atoms with Crippen LogP contribution < -0.4 is 19.1 Å². The van der Waals surface area contributed by atoms with Crippen molar-refractivity contribution in [3.05, 3.63) is 77.4 Å². The first-order valence-corrected chi connectivity index (χ1v) is 14.7. The summed E-state index contributed by atoms with van der Waals surface area (Å²) in [4.78, 5) is 13.0. The minimum absolute atomic E-state index is 0.0185. The Balaban J connectivity index is 1.80. The van der Waals surface area contributed by atoms with Gasteiger partial charge in [0, 0.05) is 5.69 Å². The van der Waals surface area contributed by atoms with Gasteiger partial charge in [-0.1, -0.05) is 12.1 Å². The quantitative estimate of drug-likeness (QED) is 0.415. The molecule has 0 aliphatic carbocycles. The zero-order valence-electron chi connectivity index (χ0n) is 21.6. The van der Waals surface area contributed by atoms with Gasteiger partial charge in [-0.3, -0.25) is 13.8 Å². The number of nitrogens with zero attached hydrogens (tertiary/aromatic N) is 1. The van der Waals surface area contributed by atoms with E-state index < -0.39 is 32.0 Å². The second kappa shape index (κ2) is 10.8. The van der Waals surface area contributed by atoms with E-state index in [4.69, 9.17) is 4.74 Å². The summed E-state index contributed by atoms with van der Waals surface area (Å²) in [5.74, 6) is -0.187. The van der Waals surface area contributed by atoms with Crippen LogP contribution in [0.1, 0.15) is 23.6 Å². The van der Waals surface area contributed by atoms with Crippen molar-refractivity contribution in [2.24, 2.45) is 0 Å². The summed E-state index contributed by atoms with van der Waals surface area (Å²) in [6.45, 7) is 7.10. The Morgan fingerprint density at radius 1 is 0.892 bits per heavy atom. The Morgan fingerprint density at radius 2 is 1.54 bits per heavy atom. The fourth-order valence-corrected chi connectivity index (χ4v) is 5.97. The molecule has 0 aliphatic rings. The molecule has 37 heavy (non-hydrogen) atoms. The van der Waals surface area contributed by atoms with Gasteiger partial charge in [-0.2, -0.15) is 0 Å².